The normalized spacial score (nSPS) is 10.1. The molecule has 0 saturated heterocycles. The van der Waals surface area contributed by atoms with Crippen molar-refractivity contribution in [3.63, 3.8) is 0 Å². The summed E-state index contributed by atoms with van der Waals surface area (Å²) < 4.78 is 0. The van der Waals surface area contributed by atoms with E-state index in [4.69, 9.17) is 5.26 Å². The van der Waals surface area contributed by atoms with Crippen LogP contribution in [0.15, 0.2) is 17.5 Å². The van der Waals surface area contributed by atoms with Crippen LogP contribution in [0.3, 0.4) is 0 Å². The van der Waals surface area contributed by atoms with Gasteiger partial charge in [-0.2, -0.15) is 5.26 Å². The lowest BCUT2D eigenvalue weighted by molar-refractivity contribution is 1.28. The Kier molecular flexibility index (Phi) is 2.76. The van der Waals surface area contributed by atoms with Crippen molar-refractivity contribution in [2.24, 2.45) is 0 Å². The van der Waals surface area contributed by atoms with E-state index in [9.17, 15) is 0 Å². The highest BCUT2D eigenvalue weighted by Gasteiger charge is 2.10. The second kappa shape index (κ2) is 4.07. The van der Waals surface area contributed by atoms with E-state index in [2.05, 4.69) is 44.0 Å². The van der Waals surface area contributed by atoms with Gasteiger partial charge in [0.25, 0.3) is 0 Å². The Bertz CT molecular complexity index is 553. The number of hydrogen-bond donors (Lipinski definition) is 0. The van der Waals surface area contributed by atoms with Crippen molar-refractivity contribution in [3.8, 4) is 17.3 Å². The zero-order valence-electron chi connectivity index (χ0n) is 9.53. The van der Waals surface area contributed by atoms with Gasteiger partial charge < -0.3 is 0 Å². The van der Waals surface area contributed by atoms with Crippen LogP contribution < -0.4 is 0 Å². The van der Waals surface area contributed by atoms with Gasteiger partial charge in [0.05, 0.1) is 5.69 Å². The molecule has 2 rings (SSSR count). The Morgan fingerprint density at radius 2 is 1.81 bits per heavy atom. The summed E-state index contributed by atoms with van der Waals surface area (Å²) in [4.78, 5) is 4.31. The summed E-state index contributed by atoms with van der Waals surface area (Å²) >= 11 is 1.39. The molecular formula is C13H12N2S. The molecule has 0 atom stereocenters. The maximum absolute atomic E-state index is 8.78. The molecule has 0 bridgehead atoms. The Morgan fingerprint density at radius 1 is 1.19 bits per heavy atom. The average Bonchev–Trinajstić information content (AvgIpc) is 2.64. The zero-order valence-corrected chi connectivity index (χ0v) is 10.4. The van der Waals surface area contributed by atoms with Gasteiger partial charge in [0, 0.05) is 10.9 Å². The summed E-state index contributed by atoms with van der Waals surface area (Å²) in [6.07, 6.45) is 0. The minimum atomic E-state index is 0.523. The standard InChI is InChI=1S/C13H12N2S/c1-8-4-9(2)13(10(3)5-8)11-7-16-12(6-14)15-11/h4-5,7H,1-3H3. The van der Waals surface area contributed by atoms with Crippen LogP contribution in [0, 0.1) is 32.1 Å². The molecule has 16 heavy (non-hydrogen) atoms. The van der Waals surface area contributed by atoms with Crippen molar-refractivity contribution >= 4 is 11.3 Å². The number of thiazole rings is 1. The summed E-state index contributed by atoms with van der Waals surface area (Å²) in [5, 5.41) is 11.2. The van der Waals surface area contributed by atoms with Crippen molar-refractivity contribution in [1.82, 2.24) is 4.98 Å². The quantitative estimate of drug-likeness (QED) is 0.747. The van der Waals surface area contributed by atoms with Crippen molar-refractivity contribution < 1.29 is 0 Å². The van der Waals surface area contributed by atoms with Crippen LogP contribution in [0.4, 0.5) is 0 Å². The Labute approximate surface area is 99.2 Å². The van der Waals surface area contributed by atoms with Crippen LogP contribution in [-0.2, 0) is 0 Å². The van der Waals surface area contributed by atoms with Gasteiger partial charge in [-0.05, 0) is 31.9 Å². The fourth-order valence-electron chi connectivity index (χ4n) is 2.02. The molecule has 0 amide bonds. The number of hydrogen-bond acceptors (Lipinski definition) is 3. The Morgan fingerprint density at radius 3 is 2.31 bits per heavy atom. The average molecular weight is 228 g/mol. The summed E-state index contributed by atoms with van der Waals surface area (Å²) in [5.74, 6) is 0. The van der Waals surface area contributed by atoms with E-state index in [0.717, 1.165) is 11.3 Å². The molecular weight excluding hydrogens is 216 g/mol. The van der Waals surface area contributed by atoms with Gasteiger partial charge in [-0.25, -0.2) is 4.98 Å². The van der Waals surface area contributed by atoms with Gasteiger partial charge in [-0.1, -0.05) is 17.7 Å². The number of rotatable bonds is 1. The molecule has 2 aromatic rings. The van der Waals surface area contributed by atoms with Gasteiger partial charge in [0.2, 0.25) is 0 Å². The van der Waals surface area contributed by atoms with Gasteiger partial charge in [-0.15, -0.1) is 11.3 Å². The van der Waals surface area contributed by atoms with Gasteiger partial charge in [-0.3, -0.25) is 0 Å². The SMILES string of the molecule is Cc1cc(C)c(-c2csc(C#N)n2)c(C)c1. The summed E-state index contributed by atoms with van der Waals surface area (Å²) in [5.41, 5.74) is 5.76. The van der Waals surface area contributed by atoms with Crippen LogP contribution in [0.2, 0.25) is 0 Å². The first kappa shape index (κ1) is 10.8. The van der Waals surface area contributed by atoms with E-state index in [1.807, 2.05) is 5.38 Å². The number of aryl methyl sites for hydroxylation is 3. The third-order valence-corrected chi connectivity index (χ3v) is 3.28. The summed E-state index contributed by atoms with van der Waals surface area (Å²) in [6, 6.07) is 6.37. The van der Waals surface area contributed by atoms with Crippen molar-refractivity contribution in [1.29, 1.82) is 5.26 Å². The minimum absolute atomic E-state index is 0.523. The van der Waals surface area contributed by atoms with E-state index in [-0.39, 0.29) is 0 Å². The van der Waals surface area contributed by atoms with E-state index >= 15 is 0 Å². The Balaban J connectivity index is 2.60. The van der Waals surface area contributed by atoms with Gasteiger partial charge in [0.15, 0.2) is 5.01 Å². The number of aromatic nitrogens is 1. The number of nitriles is 1. The highest BCUT2D eigenvalue weighted by molar-refractivity contribution is 7.10. The van der Waals surface area contributed by atoms with E-state index in [0.29, 0.717) is 5.01 Å². The first-order valence-corrected chi connectivity index (χ1v) is 5.93. The monoisotopic (exact) mass is 228 g/mol. The molecule has 0 spiro atoms. The maximum Gasteiger partial charge on any atom is 0.194 e. The Hall–Kier alpha value is -1.66. The third-order valence-electron chi connectivity index (χ3n) is 2.53. The smallest absolute Gasteiger partial charge is 0.194 e. The van der Waals surface area contributed by atoms with Crippen LogP contribution in [0.5, 0.6) is 0 Å². The molecule has 0 saturated carbocycles. The zero-order chi connectivity index (χ0) is 11.7. The molecule has 0 radical (unpaired) electrons. The molecule has 0 fully saturated rings. The van der Waals surface area contributed by atoms with Crippen molar-refractivity contribution in [3.05, 3.63) is 39.2 Å². The van der Waals surface area contributed by atoms with Crippen LogP contribution >= 0.6 is 11.3 Å². The largest absolute Gasteiger partial charge is 0.226 e. The minimum Gasteiger partial charge on any atom is -0.226 e. The van der Waals surface area contributed by atoms with Crippen LogP contribution in [0.1, 0.15) is 21.7 Å². The lowest BCUT2D eigenvalue weighted by Gasteiger charge is -2.08. The topological polar surface area (TPSA) is 36.7 Å². The number of nitrogens with zero attached hydrogens (tertiary/aromatic N) is 2. The summed E-state index contributed by atoms with van der Waals surface area (Å²) in [6.45, 7) is 6.26. The molecule has 2 nitrogen and oxygen atoms in total. The number of benzene rings is 1. The molecule has 1 aromatic heterocycles. The molecule has 0 aliphatic rings. The second-order valence-corrected chi connectivity index (χ2v) is 4.78. The predicted octanol–water partition coefficient (Wildman–Crippen LogP) is 3.61. The molecule has 3 heteroatoms. The molecule has 80 valence electrons. The van der Waals surface area contributed by atoms with Crippen LogP contribution in [-0.4, -0.2) is 4.98 Å². The highest BCUT2D eigenvalue weighted by Crippen LogP contribution is 2.29. The fourth-order valence-corrected chi connectivity index (χ4v) is 2.62. The third kappa shape index (κ3) is 1.84. The van der Waals surface area contributed by atoms with Crippen LogP contribution in [0.25, 0.3) is 11.3 Å². The maximum atomic E-state index is 8.78. The second-order valence-electron chi connectivity index (χ2n) is 3.92. The highest BCUT2D eigenvalue weighted by atomic mass is 32.1. The van der Waals surface area contributed by atoms with Crippen molar-refractivity contribution in [2.75, 3.05) is 0 Å². The molecule has 0 N–H and O–H groups in total. The summed E-state index contributed by atoms with van der Waals surface area (Å²) in [7, 11) is 0. The molecule has 1 heterocycles. The molecule has 1 aromatic carbocycles. The van der Waals surface area contributed by atoms with E-state index in [1.54, 1.807) is 0 Å². The lowest BCUT2D eigenvalue weighted by Crippen LogP contribution is -1.90. The van der Waals surface area contributed by atoms with Crippen molar-refractivity contribution in [2.45, 2.75) is 20.8 Å². The molecule has 0 aliphatic carbocycles. The van der Waals surface area contributed by atoms with Gasteiger partial charge in [0.1, 0.15) is 6.07 Å². The molecule has 0 aliphatic heterocycles. The predicted molar refractivity (Wildman–Crippen MR) is 66.5 cm³/mol. The first-order chi connectivity index (χ1) is 7.61. The van der Waals surface area contributed by atoms with Gasteiger partial charge >= 0.3 is 0 Å². The van der Waals surface area contributed by atoms with E-state index in [1.165, 1.54) is 28.0 Å². The van der Waals surface area contributed by atoms with E-state index < -0.39 is 0 Å². The fraction of sp³-hybridized carbons (Fsp3) is 0.231. The lowest BCUT2D eigenvalue weighted by atomic mass is 9.98. The molecule has 0 unspecified atom stereocenters. The first-order valence-electron chi connectivity index (χ1n) is 5.05.